The maximum Gasteiger partial charge on any atom is 0.257 e. The van der Waals surface area contributed by atoms with Crippen LogP contribution in [0.25, 0.3) is 0 Å². The number of hydrogen-bond acceptors (Lipinski definition) is 9. The van der Waals surface area contributed by atoms with E-state index >= 15 is 0 Å². The van der Waals surface area contributed by atoms with E-state index in [-0.39, 0.29) is 41.4 Å². The molecule has 3 N–H and O–H groups in total. The molecule has 4 rings (SSSR count). The number of nitrogens with one attached hydrogen (secondary N) is 2. The third-order valence-corrected chi connectivity index (χ3v) is 6.60. The molecule has 0 aliphatic carbocycles. The molecule has 0 bridgehead atoms. The summed E-state index contributed by atoms with van der Waals surface area (Å²) in [6.45, 7) is 10.6. The van der Waals surface area contributed by atoms with Gasteiger partial charge >= 0.3 is 0 Å². The van der Waals surface area contributed by atoms with Crippen molar-refractivity contribution < 1.29 is 19.4 Å². The number of nitrogens with zero attached hydrogens (tertiary/aromatic N) is 3. The Labute approximate surface area is 215 Å². The van der Waals surface area contributed by atoms with Crippen LogP contribution < -0.4 is 20.1 Å². The average Bonchev–Trinajstić information content (AvgIpc) is 3.45. The molecule has 192 valence electrons. The summed E-state index contributed by atoms with van der Waals surface area (Å²) in [6, 6.07) is 9.40. The molecule has 1 atom stereocenters. The molecule has 10 heteroatoms. The smallest absolute Gasteiger partial charge is 0.257 e. The summed E-state index contributed by atoms with van der Waals surface area (Å²) in [5, 5.41) is 17.8. The van der Waals surface area contributed by atoms with Crippen LogP contribution in [-0.2, 0) is 0 Å². The summed E-state index contributed by atoms with van der Waals surface area (Å²) in [7, 11) is 3.34. The number of anilines is 3. The van der Waals surface area contributed by atoms with Gasteiger partial charge in [-0.2, -0.15) is 8.75 Å². The predicted molar refractivity (Wildman–Crippen MR) is 142 cm³/mol. The second-order valence-electron chi connectivity index (χ2n) is 10.4. The van der Waals surface area contributed by atoms with Crippen LogP contribution in [0.1, 0.15) is 68.1 Å². The fourth-order valence-electron chi connectivity index (χ4n) is 4.16. The SMILES string of the molecule is CC(C)c1ccc(Nc2nsnc2N[C@@H](c2ccc3c(c2)OCO3)C(C)(C)C)c(O)c1C(=O)N(C)C. The van der Waals surface area contributed by atoms with Crippen LogP contribution in [0.2, 0.25) is 0 Å². The van der Waals surface area contributed by atoms with Crippen LogP contribution in [0.5, 0.6) is 17.2 Å². The first kappa shape index (κ1) is 25.6. The Morgan fingerprint density at radius 3 is 2.44 bits per heavy atom. The first-order chi connectivity index (χ1) is 17.0. The van der Waals surface area contributed by atoms with Crippen molar-refractivity contribution in [2.24, 2.45) is 5.41 Å². The lowest BCUT2D eigenvalue weighted by Crippen LogP contribution is -2.26. The fraction of sp³-hybridized carbons (Fsp3) is 0.423. The Balaban J connectivity index is 1.66. The maximum atomic E-state index is 12.9. The van der Waals surface area contributed by atoms with E-state index in [0.29, 0.717) is 23.1 Å². The topological polar surface area (TPSA) is 109 Å². The molecule has 0 saturated heterocycles. The molecule has 0 radical (unpaired) electrons. The third kappa shape index (κ3) is 5.04. The maximum absolute atomic E-state index is 12.9. The number of aromatic nitrogens is 2. The van der Waals surface area contributed by atoms with Gasteiger partial charge in [0, 0.05) is 14.1 Å². The van der Waals surface area contributed by atoms with Gasteiger partial charge in [0.1, 0.15) is 0 Å². The molecule has 1 amide bonds. The van der Waals surface area contributed by atoms with Crippen molar-refractivity contribution in [2.45, 2.75) is 46.6 Å². The minimum Gasteiger partial charge on any atom is -0.505 e. The lowest BCUT2D eigenvalue weighted by Gasteiger charge is -2.32. The van der Waals surface area contributed by atoms with Gasteiger partial charge in [-0.25, -0.2) is 0 Å². The lowest BCUT2D eigenvalue weighted by molar-refractivity contribution is 0.0823. The number of fused-ring (bicyclic) bond motifs is 1. The minimum absolute atomic E-state index is 0.0660. The highest BCUT2D eigenvalue weighted by Gasteiger charge is 2.30. The van der Waals surface area contributed by atoms with Crippen molar-refractivity contribution in [3.8, 4) is 17.2 Å². The summed E-state index contributed by atoms with van der Waals surface area (Å²) in [5.74, 6) is 2.15. The number of ether oxygens (including phenoxy) is 2. The van der Waals surface area contributed by atoms with E-state index in [2.05, 4.69) is 40.2 Å². The highest BCUT2D eigenvalue weighted by molar-refractivity contribution is 6.99. The van der Waals surface area contributed by atoms with Crippen molar-refractivity contribution in [3.05, 3.63) is 47.0 Å². The molecule has 1 aromatic heterocycles. The molecular weight excluding hydrogens is 478 g/mol. The zero-order valence-electron chi connectivity index (χ0n) is 21.7. The first-order valence-electron chi connectivity index (χ1n) is 11.8. The van der Waals surface area contributed by atoms with Gasteiger partial charge < -0.3 is 30.1 Å². The van der Waals surface area contributed by atoms with E-state index in [1.165, 1.54) is 4.90 Å². The van der Waals surface area contributed by atoms with Crippen LogP contribution in [0.4, 0.5) is 17.3 Å². The molecular formula is C26H33N5O4S. The largest absolute Gasteiger partial charge is 0.505 e. The molecule has 0 saturated carbocycles. The van der Waals surface area contributed by atoms with Crippen molar-refractivity contribution in [1.29, 1.82) is 0 Å². The summed E-state index contributed by atoms with van der Waals surface area (Å²) in [4.78, 5) is 14.3. The summed E-state index contributed by atoms with van der Waals surface area (Å²) >= 11 is 1.06. The van der Waals surface area contributed by atoms with E-state index in [1.807, 2.05) is 38.1 Å². The summed E-state index contributed by atoms with van der Waals surface area (Å²) in [6.07, 6.45) is 0. The van der Waals surface area contributed by atoms with Gasteiger partial charge in [0.25, 0.3) is 5.91 Å². The number of carbonyl (C=O) groups is 1. The van der Waals surface area contributed by atoms with Gasteiger partial charge in [-0.1, -0.05) is 46.8 Å². The van der Waals surface area contributed by atoms with Crippen molar-refractivity contribution in [2.75, 3.05) is 31.5 Å². The molecule has 3 aromatic rings. The van der Waals surface area contributed by atoms with Gasteiger partial charge in [0.15, 0.2) is 28.9 Å². The minimum atomic E-state index is -0.259. The normalized spacial score (nSPS) is 13.6. The van der Waals surface area contributed by atoms with Crippen LogP contribution >= 0.6 is 11.7 Å². The molecule has 0 spiro atoms. The van der Waals surface area contributed by atoms with Crippen molar-refractivity contribution in [1.82, 2.24) is 13.6 Å². The molecule has 1 aliphatic rings. The fourth-order valence-corrected chi connectivity index (χ4v) is 4.63. The number of amides is 1. The van der Waals surface area contributed by atoms with Crippen LogP contribution in [0.3, 0.4) is 0 Å². The Morgan fingerprint density at radius 2 is 1.78 bits per heavy atom. The number of carbonyl (C=O) groups excluding carboxylic acids is 1. The van der Waals surface area contributed by atoms with Crippen LogP contribution in [-0.4, -0.2) is 45.5 Å². The second-order valence-corrected chi connectivity index (χ2v) is 11.0. The molecule has 2 heterocycles. The quantitative estimate of drug-likeness (QED) is 0.345. The van der Waals surface area contributed by atoms with Gasteiger partial charge in [-0.15, -0.1) is 0 Å². The van der Waals surface area contributed by atoms with Crippen molar-refractivity contribution >= 4 is 35.0 Å². The van der Waals surface area contributed by atoms with E-state index in [0.717, 1.165) is 28.6 Å². The number of phenols is 1. The Morgan fingerprint density at radius 1 is 1.08 bits per heavy atom. The van der Waals surface area contributed by atoms with Crippen LogP contribution in [0.15, 0.2) is 30.3 Å². The summed E-state index contributed by atoms with van der Waals surface area (Å²) < 4.78 is 19.9. The molecule has 0 unspecified atom stereocenters. The number of phenolic OH excluding ortho intramolecular Hbond substituents is 1. The third-order valence-electron chi connectivity index (χ3n) is 6.07. The number of aromatic hydroxyl groups is 1. The van der Waals surface area contributed by atoms with E-state index in [1.54, 1.807) is 20.2 Å². The first-order valence-corrected chi connectivity index (χ1v) is 12.5. The number of rotatable bonds is 7. The molecule has 1 aliphatic heterocycles. The van der Waals surface area contributed by atoms with E-state index in [9.17, 15) is 9.90 Å². The zero-order chi connectivity index (χ0) is 26.2. The monoisotopic (exact) mass is 511 g/mol. The Bertz CT molecular complexity index is 1270. The second kappa shape index (κ2) is 9.85. The number of benzene rings is 2. The molecule has 36 heavy (non-hydrogen) atoms. The highest BCUT2D eigenvalue weighted by Crippen LogP contribution is 2.42. The van der Waals surface area contributed by atoms with Gasteiger partial charge in [-0.3, -0.25) is 4.79 Å². The van der Waals surface area contributed by atoms with Crippen molar-refractivity contribution in [3.63, 3.8) is 0 Å². The van der Waals surface area contributed by atoms with E-state index < -0.39 is 0 Å². The zero-order valence-corrected chi connectivity index (χ0v) is 22.5. The molecule has 0 fully saturated rings. The Kier molecular flexibility index (Phi) is 6.99. The Hall–Kier alpha value is -3.53. The number of hydrogen-bond donors (Lipinski definition) is 3. The molecule has 2 aromatic carbocycles. The predicted octanol–water partition coefficient (Wildman–Crippen LogP) is 5.74. The van der Waals surface area contributed by atoms with Crippen LogP contribution in [0, 0.1) is 5.41 Å². The average molecular weight is 512 g/mol. The van der Waals surface area contributed by atoms with Gasteiger partial charge in [0.2, 0.25) is 6.79 Å². The lowest BCUT2D eigenvalue weighted by atomic mass is 9.82. The standard InChI is InChI=1S/C26H33N5O4S/c1-14(2)16-9-10-17(21(32)20(16)25(33)31(6)7)27-23-24(30-36-29-23)28-22(26(3,4)5)15-8-11-18-19(12-15)35-13-34-18/h8-12,14,22,32H,13H2,1-7H3,(H,27,29)(H,28,30)/t22-/m0/s1. The highest BCUT2D eigenvalue weighted by atomic mass is 32.1. The van der Waals surface area contributed by atoms with Gasteiger partial charge in [0.05, 0.1) is 29.0 Å². The van der Waals surface area contributed by atoms with E-state index in [4.69, 9.17) is 9.47 Å². The van der Waals surface area contributed by atoms with Gasteiger partial charge in [-0.05, 0) is 40.7 Å². The molecule has 9 nitrogen and oxygen atoms in total. The summed E-state index contributed by atoms with van der Waals surface area (Å²) in [5.41, 5.74) is 2.29.